The van der Waals surface area contributed by atoms with Crippen LogP contribution in [0.5, 0.6) is 0 Å². The fourth-order valence-electron chi connectivity index (χ4n) is 1.88. The molecule has 0 spiro atoms. The van der Waals surface area contributed by atoms with Gasteiger partial charge in [0.2, 0.25) is 0 Å². The molecule has 5 nitrogen and oxygen atoms in total. The van der Waals surface area contributed by atoms with Crippen molar-refractivity contribution in [2.45, 2.75) is 9.79 Å². The van der Waals surface area contributed by atoms with E-state index >= 15 is 0 Å². The first-order chi connectivity index (χ1) is 7.92. The zero-order valence-electron chi connectivity index (χ0n) is 8.32. The topological polar surface area (TPSA) is 77.5 Å². The van der Waals surface area contributed by atoms with Gasteiger partial charge in [0.25, 0.3) is 0 Å². The monoisotopic (exact) mass is 270 g/mol. The molecule has 1 heterocycles. The predicted molar refractivity (Wildman–Crippen MR) is 59.4 cm³/mol. The third kappa shape index (κ3) is 1.40. The summed E-state index contributed by atoms with van der Waals surface area (Å²) in [4.78, 5) is -0.254. The lowest BCUT2D eigenvalue weighted by Crippen LogP contribution is -2.11. The van der Waals surface area contributed by atoms with Crippen LogP contribution in [0, 0.1) is 0 Å². The summed E-state index contributed by atoms with van der Waals surface area (Å²) in [5.74, 6) is 0. The Labute approximate surface area is 97.9 Å². The molecule has 0 unspecified atom stereocenters. The van der Waals surface area contributed by atoms with Crippen LogP contribution in [0.15, 0.2) is 46.2 Å². The minimum absolute atomic E-state index is 0.127. The van der Waals surface area contributed by atoms with Gasteiger partial charge in [-0.3, -0.25) is 0 Å². The Balaban J connectivity index is 2.69. The fourth-order valence-corrected chi connectivity index (χ4v) is 4.79. The number of hydrogen-bond acceptors (Lipinski definition) is 5. The Kier molecular flexibility index (Phi) is 1.93. The molecule has 7 heteroatoms. The highest BCUT2D eigenvalue weighted by molar-refractivity contribution is 8.00. The second-order valence-electron chi connectivity index (χ2n) is 3.58. The summed E-state index contributed by atoms with van der Waals surface area (Å²) in [5.41, 5.74) is 0. The van der Waals surface area contributed by atoms with Crippen molar-refractivity contribution in [1.29, 1.82) is 0 Å². The first-order valence-corrected chi connectivity index (χ1v) is 7.46. The zero-order valence-corrected chi connectivity index (χ0v) is 9.95. The van der Waals surface area contributed by atoms with Crippen LogP contribution in [-0.4, -0.2) is 16.8 Å². The molecule has 0 radical (unpaired) electrons. The molecule has 0 aromatic heterocycles. The van der Waals surface area contributed by atoms with Crippen LogP contribution < -0.4 is 0 Å². The highest BCUT2D eigenvalue weighted by Crippen LogP contribution is 2.35. The van der Waals surface area contributed by atoms with Gasteiger partial charge in [-0.1, -0.05) is 24.3 Å². The van der Waals surface area contributed by atoms with Crippen LogP contribution >= 0.6 is 0 Å². The lowest BCUT2D eigenvalue weighted by Gasteiger charge is -2.00. The van der Waals surface area contributed by atoms with E-state index in [9.17, 15) is 16.8 Å². The SMILES string of the molecule is O=S1(=O)OS(=O)(=O)c2cccc3c1cccc23. The first-order valence-electron chi connectivity index (χ1n) is 4.65. The third-order valence-electron chi connectivity index (χ3n) is 2.56. The van der Waals surface area contributed by atoms with E-state index in [4.69, 9.17) is 0 Å². The number of benzene rings is 2. The van der Waals surface area contributed by atoms with Crippen molar-refractivity contribution in [2.24, 2.45) is 0 Å². The van der Waals surface area contributed by atoms with E-state index in [2.05, 4.69) is 3.63 Å². The summed E-state index contributed by atoms with van der Waals surface area (Å²) in [5, 5.41) is 0.706. The Morgan fingerprint density at radius 2 is 1.12 bits per heavy atom. The van der Waals surface area contributed by atoms with Crippen molar-refractivity contribution < 1.29 is 20.5 Å². The van der Waals surface area contributed by atoms with Gasteiger partial charge in [-0.2, -0.15) is 16.8 Å². The van der Waals surface area contributed by atoms with Gasteiger partial charge in [0.05, 0.1) is 0 Å². The van der Waals surface area contributed by atoms with Gasteiger partial charge in [-0.25, -0.2) is 0 Å². The molecule has 0 atom stereocenters. The third-order valence-corrected chi connectivity index (χ3v) is 5.78. The van der Waals surface area contributed by atoms with Crippen LogP contribution in [0.4, 0.5) is 0 Å². The molecule has 0 amide bonds. The Bertz CT molecular complexity index is 763. The van der Waals surface area contributed by atoms with Crippen molar-refractivity contribution in [1.82, 2.24) is 0 Å². The molecule has 0 aliphatic carbocycles. The molecule has 17 heavy (non-hydrogen) atoms. The normalized spacial score (nSPS) is 20.2. The molecule has 1 aliphatic heterocycles. The van der Waals surface area contributed by atoms with Gasteiger partial charge >= 0.3 is 20.2 Å². The van der Waals surface area contributed by atoms with E-state index in [1.54, 1.807) is 12.1 Å². The zero-order chi connectivity index (χ0) is 12.3. The van der Waals surface area contributed by atoms with Crippen molar-refractivity contribution in [3.05, 3.63) is 36.4 Å². The summed E-state index contributed by atoms with van der Waals surface area (Å²) < 4.78 is 51.4. The summed E-state index contributed by atoms with van der Waals surface area (Å²) in [6, 6.07) is 8.72. The number of hydrogen-bond donors (Lipinski definition) is 0. The van der Waals surface area contributed by atoms with E-state index in [0.717, 1.165) is 0 Å². The van der Waals surface area contributed by atoms with Gasteiger partial charge < -0.3 is 0 Å². The van der Waals surface area contributed by atoms with Gasteiger partial charge in [0.1, 0.15) is 9.79 Å². The maximum absolute atomic E-state index is 11.8. The average molecular weight is 270 g/mol. The van der Waals surface area contributed by atoms with Crippen LogP contribution in [0.2, 0.25) is 0 Å². The summed E-state index contributed by atoms with van der Waals surface area (Å²) in [7, 11) is -8.56. The van der Waals surface area contributed by atoms with Crippen molar-refractivity contribution in [3.63, 3.8) is 0 Å². The Morgan fingerprint density at radius 1 is 0.706 bits per heavy atom. The molecule has 0 N–H and O–H groups in total. The highest BCUT2D eigenvalue weighted by Gasteiger charge is 2.33. The van der Waals surface area contributed by atoms with E-state index in [1.165, 1.54) is 24.3 Å². The molecule has 1 aliphatic rings. The van der Waals surface area contributed by atoms with Gasteiger partial charge in [0, 0.05) is 10.8 Å². The summed E-state index contributed by atoms with van der Waals surface area (Å²) >= 11 is 0. The van der Waals surface area contributed by atoms with Crippen molar-refractivity contribution in [2.75, 3.05) is 0 Å². The van der Waals surface area contributed by atoms with Gasteiger partial charge in [0.15, 0.2) is 0 Å². The van der Waals surface area contributed by atoms with Crippen molar-refractivity contribution >= 4 is 31.0 Å². The molecular weight excluding hydrogens is 264 g/mol. The van der Waals surface area contributed by atoms with Crippen LogP contribution in [-0.2, 0) is 23.9 Å². The van der Waals surface area contributed by atoms with Crippen LogP contribution in [0.1, 0.15) is 0 Å². The van der Waals surface area contributed by atoms with Gasteiger partial charge in [-0.05, 0) is 12.1 Å². The Morgan fingerprint density at radius 3 is 1.53 bits per heavy atom. The molecule has 0 saturated heterocycles. The molecular formula is C10H6O5S2. The molecule has 0 saturated carbocycles. The van der Waals surface area contributed by atoms with E-state index in [0.29, 0.717) is 10.8 Å². The van der Waals surface area contributed by atoms with E-state index < -0.39 is 20.2 Å². The molecule has 0 fully saturated rings. The van der Waals surface area contributed by atoms with Crippen molar-refractivity contribution in [3.8, 4) is 0 Å². The lowest BCUT2D eigenvalue weighted by molar-refractivity contribution is 0.464. The van der Waals surface area contributed by atoms with E-state index in [-0.39, 0.29) is 9.79 Å². The van der Waals surface area contributed by atoms with Crippen LogP contribution in [0.3, 0.4) is 0 Å². The maximum Gasteiger partial charge on any atom is 0.312 e. The lowest BCUT2D eigenvalue weighted by atomic mass is 10.1. The Hall–Kier alpha value is -1.44. The van der Waals surface area contributed by atoms with E-state index in [1.807, 2.05) is 0 Å². The molecule has 3 rings (SSSR count). The average Bonchev–Trinajstić information content (AvgIpc) is 2.29. The highest BCUT2D eigenvalue weighted by atomic mass is 32.3. The second kappa shape index (κ2) is 3.06. The minimum atomic E-state index is -4.28. The summed E-state index contributed by atoms with van der Waals surface area (Å²) in [6.07, 6.45) is 0. The molecule has 88 valence electrons. The predicted octanol–water partition coefficient (Wildman–Crippen LogP) is 1.25. The van der Waals surface area contributed by atoms with Gasteiger partial charge in [-0.15, -0.1) is 3.63 Å². The standard InChI is InChI=1S/C10H6O5S2/c11-16(12)9-5-1-3-7-8(9)4-2-6-10(7)17(13,14)15-16/h1-6H. The molecule has 2 aromatic carbocycles. The summed E-state index contributed by atoms with van der Waals surface area (Å²) in [6.45, 7) is 0. The number of rotatable bonds is 0. The first kappa shape index (κ1) is 10.7. The largest absolute Gasteiger partial charge is 0.312 e. The quantitative estimate of drug-likeness (QED) is 0.720. The fraction of sp³-hybridized carbons (Fsp3) is 0. The second-order valence-corrected chi connectivity index (χ2v) is 6.82. The smallest absolute Gasteiger partial charge is 0.193 e. The molecule has 2 aromatic rings. The van der Waals surface area contributed by atoms with Crippen LogP contribution in [0.25, 0.3) is 10.8 Å². The minimum Gasteiger partial charge on any atom is -0.193 e. The molecule has 4 bridgehead atoms. The maximum atomic E-state index is 11.8.